The van der Waals surface area contributed by atoms with Crippen LogP contribution in [0.3, 0.4) is 0 Å². The average molecular weight is 280 g/mol. The van der Waals surface area contributed by atoms with E-state index >= 15 is 0 Å². The molecule has 1 aromatic carbocycles. The van der Waals surface area contributed by atoms with E-state index in [1.807, 2.05) is 30.5 Å². The Morgan fingerprint density at radius 3 is 2.89 bits per heavy atom. The van der Waals surface area contributed by atoms with Crippen molar-refractivity contribution in [1.82, 2.24) is 10.3 Å². The molecule has 94 valence electrons. The maximum atomic E-state index is 11.3. The number of aromatic amines is 1. The molecule has 0 spiro atoms. The van der Waals surface area contributed by atoms with Gasteiger partial charge in [0.15, 0.2) is 6.04 Å². The fourth-order valence-electron chi connectivity index (χ4n) is 1.78. The normalized spacial score (nSPS) is 12.3. The summed E-state index contributed by atoms with van der Waals surface area (Å²) in [5.74, 6) is -0.948. The van der Waals surface area contributed by atoms with Crippen LogP contribution in [-0.2, 0) is 4.79 Å². The Bertz CT molecular complexity index is 595. The molecule has 0 saturated heterocycles. The van der Waals surface area contributed by atoms with Crippen LogP contribution in [0.4, 0.5) is 0 Å². The number of thiocarbonyl (C=S) groups is 1. The first-order valence-electron chi connectivity index (χ1n) is 5.26. The quantitative estimate of drug-likeness (QED) is 0.754. The molecule has 0 fully saturated rings. The summed E-state index contributed by atoms with van der Waals surface area (Å²) in [6.07, 6.45) is 3.52. The van der Waals surface area contributed by atoms with Crippen LogP contribution in [0.1, 0.15) is 11.6 Å². The van der Waals surface area contributed by atoms with Crippen LogP contribution in [0.15, 0.2) is 30.5 Å². The maximum absolute atomic E-state index is 11.3. The van der Waals surface area contributed by atoms with Crippen molar-refractivity contribution in [2.24, 2.45) is 0 Å². The molecule has 18 heavy (non-hydrogen) atoms. The van der Waals surface area contributed by atoms with Crippen molar-refractivity contribution in [3.05, 3.63) is 36.0 Å². The number of benzene rings is 1. The van der Waals surface area contributed by atoms with Crippen molar-refractivity contribution in [2.45, 2.75) is 6.04 Å². The largest absolute Gasteiger partial charge is 0.479 e. The van der Waals surface area contributed by atoms with Crippen LogP contribution < -0.4 is 5.32 Å². The zero-order valence-corrected chi connectivity index (χ0v) is 11.3. The lowest BCUT2D eigenvalue weighted by atomic mass is 10.1. The van der Waals surface area contributed by atoms with Crippen molar-refractivity contribution in [3.8, 4) is 0 Å². The molecule has 2 rings (SSSR count). The predicted molar refractivity (Wildman–Crippen MR) is 77.9 cm³/mol. The molecule has 0 radical (unpaired) electrons. The van der Waals surface area contributed by atoms with E-state index in [4.69, 9.17) is 12.2 Å². The van der Waals surface area contributed by atoms with Gasteiger partial charge in [-0.2, -0.15) is 0 Å². The van der Waals surface area contributed by atoms with Gasteiger partial charge in [-0.25, -0.2) is 4.79 Å². The highest BCUT2D eigenvalue weighted by Crippen LogP contribution is 2.24. The first-order valence-corrected chi connectivity index (χ1v) is 6.90. The smallest absolute Gasteiger partial charge is 0.330 e. The summed E-state index contributed by atoms with van der Waals surface area (Å²) in [5, 5.41) is 13.0. The summed E-state index contributed by atoms with van der Waals surface area (Å²) in [7, 11) is 0. The lowest BCUT2D eigenvalue weighted by molar-refractivity contribution is -0.139. The van der Waals surface area contributed by atoms with Gasteiger partial charge in [-0.1, -0.05) is 30.4 Å². The first kappa shape index (κ1) is 12.9. The summed E-state index contributed by atoms with van der Waals surface area (Å²) >= 11 is 6.35. The summed E-state index contributed by atoms with van der Waals surface area (Å²) in [6.45, 7) is 0. The zero-order chi connectivity index (χ0) is 13.1. The summed E-state index contributed by atoms with van der Waals surface area (Å²) in [6, 6.07) is 6.75. The topological polar surface area (TPSA) is 65.1 Å². The van der Waals surface area contributed by atoms with Crippen LogP contribution in [0.25, 0.3) is 10.9 Å². The highest BCUT2D eigenvalue weighted by molar-refractivity contribution is 8.22. The van der Waals surface area contributed by atoms with E-state index in [9.17, 15) is 9.90 Å². The van der Waals surface area contributed by atoms with Gasteiger partial charge in [0, 0.05) is 22.7 Å². The predicted octanol–water partition coefficient (Wildman–Crippen LogP) is 2.53. The first-order chi connectivity index (χ1) is 8.63. The highest BCUT2D eigenvalue weighted by atomic mass is 32.2. The number of hydrogen-bond donors (Lipinski definition) is 3. The van der Waals surface area contributed by atoms with E-state index in [1.54, 1.807) is 6.20 Å². The number of hydrogen-bond acceptors (Lipinski definition) is 3. The zero-order valence-electron chi connectivity index (χ0n) is 9.64. The third-order valence-corrected chi connectivity index (χ3v) is 3.73. The molecule has 0 aliphatic carbocycles. The van der Waals surface area contributed by atoms with E-state index in [2.05, 4.69) is 10.3 Å². The van der Waals surface area contributed by atoms with Crippen molar-refractivity contribution >= 4 is 45.2 Å². The highest BCUT2D eigenvalue weighted by Gasteiger charge is 2.23. The fraction of sp³-hybridized carbons (Fsp3) is 0.167. The molecule has 0 bridgehead atoms. The molecular weight excluding hydrogens is 268 g/mol. The molecule has 3 N–H and O–H groups in total. The second kappa shape index (κ2) is 5.41. The van der Waals surface area contributed by atoms with Gasteiger partial charge < -0.3 is 15.4 Å². The molecule has 1 aromatic heterocycles. The lowest BCUT2D eigenvalue weighted by Crippen LogP contribution is -2.30. The molecule has 4 nitrogen and oxygen atoms in total. The Hall–Kier alpha value is -1.53. The number of nitrogens with one attached hydrogen (secondary N) is 2. The number of H-pyrrole nitrogens is 1. The summed E-state index contributed by atoms with van der Waals surface area (Å²) in [4.78, 5) is 14.4. The molecule has 2 aromatic rings. The number of carboxylic acids is 1. The molecule has 0 aliphatic heterocycles. The van der Waals surface area contributed by atoms with Gasteiger partial charge >= 0.3 is 5.97 Å². The minimum absolute atomic E-state index is 0.465. The van der Waals surface area contributed by atoms with Crippen LogP contribution in [0.2, 0.25) is 0 Å². The number of aromatic nitrogens is 1. The Labute approximate surface area is 114 Å². The van der Waals surface area contributed by atoms with Gasteiger partial charge in [0.25, 0.3) is 0 Å². The molecule has 0 aliphatic rings. The van der Waals surface area contributed by atoms with Crippen LogP contribution in [-0.4, -0.2) is 26.6 Å². The van der Waals surface area contributed by atoms with Crippen LogP contribution in [0, 0.1) is 0 Å². The van der Waals surface area contributed by atoms with E-state index in [0.717, 1.165) is 10.9 Å². The number of carboxylic acid groups (broad SMARTS) is 1. The van der Waals surface area contributed by atoms with Gasteiger partial charge in [-0.3, -0.25) is 0 Å². The minimum atomic E-state index is -0.948. The molecule has 6 heteroatoms. The number of carbonyl (C=O) groups is 1. The van der Waals surface area contributed by atoms with E-state index in [-0.39, 0.29) is 0 Å². The number of thioether (sulfide) groups is 1. The minimum Gasteiger partial charge on any atom is -0.479 e. The van der Waals surface area contributed by atoms with Crippen molar-refractivity contribution < 1.29 is 9.90 Å². The van der Waals surface area contributed by atoms with Gasteiger partial charge in [0.05, 0.1) is 0 Å². The van der Waals surface area contributed by atoms with Gasteiger partial charge in [0.1, 0.15) is 4.32 Å². The van der Waals surface area contributed by atoms with Crippen LogP contribution in [0.5, 0.6) is 0 Å². The third kappa shape index (κ3) is 2.49. The maximum Gasteiger partial charge on any atom is 0.330 e. The van der Waals surface area contributed by atoms with Gasteiger partial charge in [-0.05, 0) is 12.3 Å². The van der Waals surface area contributed by atoms with Gasteiger partial charge in [-0.15, -0.1) is 11.8 Å². The van der Waals surface area contributed by atoms with E-state index in [0.29, 0.717) is 9.88 Å². The fourth-order valence-corrected chi connectivity index (χ4v) is 2.14. The Balaban J connectivity index is 2.42. The average Bonchev–Trinajstić information content (AvgIpc) is 2.79. The van der Waals surface area contributed by atoms with E-state index < -0.39 is 12.0 Å². The SMILES string of the molecule is CSC(=S)N[C@@H](C(=O)O)c1c[nH]c2ccccc12. The lowest BCUT2D eigenvalue weighted by Gasteiger charge is -2.14. The van der Waals surface area contributed by atoms with Crippen molar-refractivity contribution in [1.29, 1.82) is 0 Å². The second-order valence-electron chi connectivity index (χ2n) is 3.70. The molecule has 0 saturated carbocycles. The number of para-hydroxylation sites is 1. The Morgan fingerprint density at radius 2 is 2.22 bits per heavy atom. The molecular formula is C12H12N2O2S2. The molecule has 0 unspecified atom stereocenters. The number of rotatable bonds is 3. The Kier molecular flexibility index (Phi) is 3.88. The molecule has 0 amide bonds. The van der Waals surface area contributed by atoms with Crippen molar-refractivity contribution in [2.75, 3.05) is 6.26 Å². The van der Waals surface area contributed by atoms with Gasteiger partial charge in [0.2, 0.25) is 0 Å². The molecule has 1 heterocycles. The van der Waals surface area contributed by atoms with Crippen LogP contribution >= 0.6 is 24.0 Å². The molecule has 1 atom stereocenters. The summed E-state index contributed by atoms with van der Waals surface area (Å²) in [5.41, 5.74) is 1.60. The number of aliphatic carboxylic acids is 1. The van der Waals surface area contributed by atoms with E-state index in [1.165, 1.54) is 11.8 Å². The second-order valence-corrected chi connectivity index (χ2v) is 5.18. The van der Waals surface area contributed by atoms with Crippen molar-refractivity contribution in [3.63, 3.8) is 0 Å². The standard InChI is InChI=1S/C12H12N2O2S2/c1-18-12(17)14-10(11(15)16)8-6-13-9-5-3-2-4-7(8)9/h2-6,10,13H,1H3,(H,14,17)(H,15,16)/t10-/m1/s1. The summed E-state index contributed by atoms with van der Waals surface area (Å²) < 4.78 is 0.465. The number of fused-ring (bicyclic) bond motifs is 1. The Morgan fingerprint density at radius 1 is 1.50 bits per heavy atom. The monoisotopic (exact) mass is 280 g/mol. The third-order valence-electron chi connectivity index (χ3n) is 2.63.